The van der Waals surface area contributed by atoms with Crippen molar-refractivity contribution in [3.05, 3.63) is 34.9 Å². The predicted molar refractivity (Wildman–Crippen MR) is 101 cm³/mol. The summed E-state index contributed by atoms with van der Waals surface area (Å²) in [6, 6.07) is 7.92. The molecule has 0 heterocycles. The standard InChI is InChI=1S/C21H29ClN2O/c1-14(18-3-2-4-19(22)8-18)23-12-20(25)24-13-21-9-15-5-16(10-21)7-17(6-15)11-21/h2-4,8,14-17,23H,5-7,9-13H2,1H3,(H,24,25)/t14-,15?,16?,17?,21?/m1/s1. The molecule has 4 saturated carbocycles. The van der Waals surface area contributed by atoms with Crippen molar-refractivity contribution in [2.75, 3.05) is 13.1 Å². The molecule has 1 amide bonds. The molecule has 136 valence electrons. The summed E-state index contributed by atoms with van der Waals surface area (Å²) >= 11 is 6.04. The second-order valence-electron chi connectivity index (χ2n) is 8.85. The largest absolute Gasteiger partial charge is 0.354 e. The molecular formula is C21H29ClN2O. The van der Waals surface area contributed by atoms with Gasteiger partial charge < -0.3 is 10.6 Å². The van der Waals surface area contributed by atoms with Gasteiger partial charge in [-0.2, -0.15) is 0 Å². The van der Waals surface area contributed by atoms with E-state index >= 15 is 0 Å². The van der Waals surface area contributed by atoms with Crippen LogP contribution in [-0.4, -0.2) is 19.0 Å². The lowest BCUT2D eigenvalue weighted by atomic mass is 9.49. The van der Waals surface area contributed by atoms with E-state index in [4.69, 9.17) is 11.6 Å². The van der Waals surface area contributed by atoms with E-state index in [2.05, 4.69) is 17.6 Å². The first-order valence-electron chi connectivity index (χ1n) is 9.77. The fraction of sp³-hybridized carbons (Fsp3) is 0.667. The zero-order valence-corrected chi connectivity index (χ0v) is 15.8. The summed E-state index contributed by atoms with van der Waals surface area (Å²) in [6.45, 7) is 3.31. The number of hydrogen-bond donors (Lipinski definition) is 2. The fourth-order valence-electron chi connectivity index (χ4n) is 5.99. The Labute approximate surface area is 155 Å². The third-order valence-electron chi connectivity index (χ3n) is 6.74. The van der Waals surface area contributed by atoms with Gasteiger partial charge in [0.15, 0.2) is 0 Å². The summed E-state index contributed by atoms with van der Waals surface area (Å²) < 4.78 is 0. The van der Waals surface area contributed by atoms with Crippen molar-refractivity contribution in [1.82, 2.24) is 10.6 Å². The Kier molecular flexibility index (Phi) is 4.81. The molecule has 4 heteroatoms. The smallest absolute Gasteiger partial charge is 0.233 e. The van der Waals surface area contributed by atoms with Crippen LogP contribution in [0.1, 0.15) is 57.1 Å². The summed E-state index contributed by atoms with van der Waals surface area (Å²) in [4.78, 5) is 12.3. The number of halogens is 1. The van der Waals surface area contributed by atoms with Gasteiger partial charge in [-0.25, -0.2) is 0 Å². The summed E-state index contributed by atoms with van der Waals surface area (Å²) in [7, 11) is 0. The van der Waals surface area contributed by atoms with Crippen molar-refractivity contribution in [2.24, 2.45) is 23.2 Å². The zero-order chi connectivity index (χ0) is 17.4. The summed E-state index contributed by atoms with van der Waals surface area (Å²) in [5, 5.41) is 7.28. The van der Waals surface area contributed by atoms with Crippen LogP contribution < -0.4 is 10.6 Å². The number of rotatable bonds is 6. The van der Waals surface area contributed by atoms with Crippen LogP contribution in [0.3, 0.4) is 0 Å². The zero-order valence-electron chi connectivity index (χ0n) is 15.1. The Morgan fingerprint density at radius 3 is 2.44 bits per heavy atom. The second-order valence-corrected chi connectivity index (χ2v) is 9.29. The van der Waals surface area contributed by atoms with Crippen LogP contribution in [-0.2, 0) is 4.79 Å². The van der Waals surface area contributed by atoms with E-state index < -0.39 is 0 Å². The Balaban J connectivity index is 1.26. The summed E-state index contributed by atoms with van der Waals surface area (Å²) in [6.07, 6.45) is 8.37. The third-order valence-corrected chi connectivity index (χ3v) is 6.98. The molecule has 0 aromatic heterocycles. The van der Waals surface area contributed by atoms with Gasteiger partial charge in [-0.3, -0.25) is 4.79 Å². The fourth-order valence-corrected chi connectivity index (χ4v) is 6.19. The summed E-state index contributed by atoms with van der Waals surface area (Å²) in [5.74, 6) is 2.92. The van der Waals surface area contributed by atoms with Crippen LogP contribution in [0.4, 0.5) is 0 Å². The average Bonchev–Trinajstić information content (AvgIpc) is 2.57. The van der Waals surface area contributed by atoms with Gasteiger partial charge in [0.2, 0.25) is 5.91 Å². The molecule has 4 bridgehead atoms. The van der Waals surface area contributed by atoms with E-state index in [0.29, 0.717) is 12.0 Å². The highest BCUT2D eigenvalue weighted by atomic mass is 35.5. The highest BCUT2D eigenvalue weighted by molar-refractivity contribution is 6.30. The predicted octanol–water partition coefficient (Wildman–Crippen LogP) is 4.32. The molecule has 1 aromatic carbocycles. The SMILES string of the molecule is C[C@@H](NCC(=O)NCC12CC3CC(CC(C3)C1)C2)c1cccc(Cl)c1. The average molecular weight is 361 g/mol. The molecule has 0 aliphatic heterocycles. The Morgan fingerprint density at radius 1 is 1.20 bits per heavy atom. The lowest BCUT2D eigenvalue weighted by Crippen LogP contribution is -2.51. The van der Waals surface area contributed by atoms with Gasteiger partial charge in [0.1, 0.15) is 0 Å². The maximum Gasteiger partial charge on any atom is 0.233 e. The monoisotopic (exact) mass is 360 g/mol. The van der Waals surface area contributed by atoms with Crippen LogP contribution in [0, 0.1) is 23.2 Å². The van der Waals surface area contributed by atoms with E-state index in [-0.39, 0.29) is 11.9 Å². The molecule has 3 nitrogen and oxygen atoms in total. The number of carbonyl (C=O) groups is 1. The number of hydrogen-bond acceptors (Lipinski definition) is 2. The maximum atomic E-state index is 12.3. The van der Waals surface area contributed by atoms with E-state index in [1.165, 1.54) is 38.5 Å². The molecule has 1 aromatic rings. The highest BCUT2D eigenvalue weighted by Gasteiger charge is 2.50. The quantitative estimate of drug-likeness (QED) is 0.793. The van der Waals surface area contributed by atoms with Crippen LogP contribution in [0.2, 0.25) is 5.02 Å². The van der Waals surface area contributed by atoms with E-state index in [9.17, 15) is 4.79 Å². The first-order valence-corrected chi connectivity index (χ1v) is 10.1. The first kappa shape index (κ1) is 17.4. The number of amides is 1. The van der Waals surface area contributed by atoms with Crippen molar-refractivity contribution in [3.8, 4) is 0 Å². The Hall–Kier alpha value is -1.06. The van der Waals surface area contributed by atoms with Crippen molar-refractivity contribution in [3.63, 3.8) is 0 Å². The van der Waals surface area contributed by atoms with Gasteiger partial charge in [-0.05, 0) is 86.3 Å². The molecule has 0 spiro atoms. The van der Waals surface area contributed by atoms with Gasteiger partial charge in [0.25, 0.3) is 0 Å². The topological polar surface area (TPSA) is 41.1 Å². The molecule has 4 aliphatic carbocycles. The molecule has 4 aliphatic rings. The Bertz CT molecular complexity index is 609. The molecule has 0 saturated heterocycles. The summed E-state index contributed by atoms with van der Waals surface area (Å²) in [5.41, 5.74) is 1.52. The first-order chi connectivity index (χ1) is 12.0. The Morgan fingerprint density at radius 2 is 1.84 bits per heavy atom. The van der Waals surface area contributed by atoms with Gasteiger partial charge >= 0.3 is 0 Å². The number of nitrogens with one attached hydrogen (secondary N) is 2. The minimum atomic E-state index is 0.115. The third kappa shape index (κ3) is 3.88. The minimum absolute atomic E-state index is 0.115. The highest BCUT2D eigenvalue weighted by Crippen LogP contribution is 2.59. The van der Waals surface area contributed by atoms with Gasteiger partial charge in [0.05, 0.1) is 6.54 Å². The van der Waals surface area contributed by atoms with Gasteiger partial charge in [-0.15, -0.1) is 0 Å². The minimum Gasteiger partial charge on any atom is -0.354 e. The van der Waals surface area contributed by atoms with Crippen LogP contribution in [0.15, 0.2) is 24.3 Å². The molecule has 25 heavy (non-hydrogen) atoms. The second kappa shape index (κ2) is 6.92. The van der Waals surface area contributed by atoms with Crippen molar-refractivity contribution < 1.29 is 4.79 Å². The number of carbonyl (C=O) groups excluding carboxylic acids is 1. The lowest BCUT2D eigenvalue weighted by Gasteiger charge is -2.56. The molecular weight excluding hydrogens is 332 g/mol. The number of benzene rings is 1. The van der Waals surface area contributed by atoms with Crippen molar-refractivity contribution in [2.45, 2.75) is 51.5 Å². The molecule has 0 unspecified atom stereocenters. The molecule has 5 rings (SSSR count). The van der Waals surface area contributed by atoms with E-state index in [1.807, 2.05) is 24.3 Å². The van der Waals surface area contributed by atoms with Crippen LogP contribution >= 0.6 is 11.6 Å². The lowest BCUT2D eigenvalue weighted by molar-refractivity contribution is -0.122. The van der Waals surface area contributed by atoms with Gasteiger partial charge in [0, 0.05) is 17.6 Å². The van der Waals surface area contributed by atoms with Crippen LogP contribution in [0.5, 0.6) is 0 Å². The van der Waals surface area contributed by atoms with E-state index in [0.717, 1.165) is 34.9 Å². The molecule has 0 radical (unpaired) electrons. The van der Waals surface area contributed by atoms with Crippen molar-refractivity contribution in [1.29, 1.82) is 0 Å². The van der Waals surface area contributed by atoms with Crippen molar-refractivity contribution >= 4 is 17.5 Å². The molecule has 2 N–H and O–H groups in total. The van der Waals surface area contributed by atoms with Crippen LogP contribution in [0.25, 0.3) is 0 Å². The molecule has 4 fully saturated rings. The normalized spacial score (nSPS) is 34.1. The van der Waals surface area contributed by atoms with E-state index in [1.54, 1.807) is 0 Å². The maximum absolute atomic E-state index is 12.3. The molecule has 1 atom stereocenters. The van der Waals surface area contributed by atoms with Gasteiger partial charge in [-0.1, -0.05) is 23.7 Å².